The Hall–Kier alpha value is -1.19. The van der Waals surface area contributed by atoms with E-state index in [0.717, 1.165) is 0 Å². The van der Waals surface area contributed by atoms with Gasteiger partial charge in [-0.05, 0) is 19.8 Å². The maximum Gasteiger partial charge on any atom is 0.519 e. The van der Waals surface area contributed by atoms with Crippen LogP contribution in [0.2, 0.25) is 0 Å². The van der Waals surface area contributed by atoms with Crippen LogP contribution >= 0.6 is 0 Å². The van der Waals surface area contributed by atoms with Crippen molar-refractivity contribution in [1.29, 1.82) is 0 Å². The Balaban J connectivity index is 2.37. The van der Waals surface area contributed by atoms with Crippen LogP contribution in [0.4, 0.5) is 0 Å². The van der Waals surface area contributed by atoms with Crippen LogP contribution in [0.25, 0.3) is 0 Å². The van der Waals surface area contributed by atoms with Crippen LogP contribution in [0, 0.1) is 0 Å². The van der Waals surface area contributed by atoms with E-state index >= 15 is 0 Å². The van der Waals surface area contributed by atoms with E-state index in [4.69, 9.17) is 19.9 Å². The Bertz CT molecular complexity index is 383. The molecule has 1 aromatic heterocycles. The number of hydrogen-bond acceptors (Lipinski definition) is 8. The van der Waals surface area contributed by atoms with Gasteiger partial charge in [-0.2, -0.15) is 0 Å². The molecule has 17 heavy (non-hydrogen) atoms. The minimum absolute atomic E-state index is 0.120. The minimum Gasteiger partial charge on any atom is -0.396 e. The van der Waals surface area contributed by atoms with Crippen LogP contribution in [-0.2, 0) is 17.9 Å². The Morgan fingerprint density at radius 1 is 1.35 bits per heavy atom. The average Bonchev–Trinajstić information content (AvgIpc) is 2.57. The first kappa shape index (κ1) is 13.9. The Kier molecular flexibility index (Phi) is 5.32. The molecule has 0 aliphatic rings. The minimum atomic E-state index is -0.842. The summed E-state index contributed by atoms with van der Waals surface area (Å²) in [5, 5.41) is 25.3. The summed E-state index contributed by atoms with van der Waals surface area (Å²) in [6.45, 7) is 1.26. The fourth-order valence-electron chi connectivity index (χ4n) is 1.41. The van der Waals surface area contributed by atoms with Gasteiger partial charge in [-0.15, -0.1) is 0 Å². The first-order chi connectivity index (χ1) is 8.02. The third kappa shape index (κ3) is 4.67. The van der Waals surface area contributed by atoms with Crippen molar-refractivity contribution in [3.63, 3.8) is 0 Å². The second kappa shape index (κ2) is 6.52. The molecule has 8 heteroatoms. The van der Waals surface area contributed by atoms with Gasteiger partial charge in [-0.25, -0.2) is 9.63 Å². The van der Waals surface area contributed by atoms with Crippen LogP contribution in [0.15, 0.2) is 13.6 Å². The van der Waals surface area contributed by atoms with E-state index in [2.05, 4.69) is 9.25 Å². The summed E-state index contributed by atoms with van der Waals surface area (Å²) in [6.07, 6.45) is 1.08. The lowest BCUT2D eigenvalue weighted by Crippen LogP contribution is -2.21. The molecule has 0 aliphatic carbocycles. The molecule has 0 amide bonds. The Labute approximate surface area is 96.5 Å². The van der Waals surface area contributed by atoms with Gasteiger partial charge in [0.1, 0.15) is 6.61 Å². The molecule has 3 N–H and O–H groups in total. The predicted octanol–water partition coefficient (Wildman–Crippen LogP) is 0.448. The van der Waals surface area contributed by atoms with Gasteiger partial charge in [-0.1, -0.05) is 0 Å². The fraction of sp³-hybridized carbons (Fsp3) is 0.667. The fourth-order valence-corrected chi connectivity index (χ4v) is 1.41. The zero-order valence-corrected chi connectivity index (χ0v) is 9.33. The zero-order valence-electron chi connectivity index (χ0n) is 9.33. The highest BCUT2D eigenvalue weighted by Crippen LogP contribution is 2.12. The Morgan fingerprint density at radius 3 is 2.59 bits per heavy atom. The van der Waals surface area contributed by atoms with Gasteiger partial charge >= 0.3 is 5.82 Å². The molecule has 98 valence electrons. The van der Waals surface area contributed by atoms with Gasteiger partial charge in [0.2, 0.25) is 0 Å². The van der Waals surface area contributed by atoms with Gasteiger partial charge < -0.3 is 13.9 Å². The van der Waals surface area contributed by atoms with Crippen molar-refractivity contribution in [1.82, 2.24) is 5.39 Å². The highest BCUT2D eigenvalue weighted by Gasteiger charge is 2.13. The lowest BCUT2D eigenvalue weighted by Gasteiger charge is -2.13. The number of hydrogen-bond donors (Lipinski definition) is 3. The van der Waals surface area contributed by atoms with Crippen molar-refractivity contribution in [2.24, 2.45) is 0 Å². The van der Waals surface area contributed by atoms with Gasteiger partial charge in [0, 0.05) is 6.42 Å². The molecule has 0 aliphatic heterocycles. The maximum atomic E-state index is 10.8. The van der Waals surface area contributed by atoms with Crippen LogP contribution < -0.4 is 5.82 Å². The summed E-state index contributed by atoms with van der Waals surface area (Å²) >= 11 is 0. The molecular formula is C9H15NO7. The molecule has 0 aromatic carbocycles. The summed E-state index contributed by atoms with van der Waals surface area (Å²) < 4.78 is 9.33. The molecule has 1 rings (SSSR count). The lowest BCUT2D eigenvalue weighted by molar-refractivity contribution is -0.503. The molecule has 0 unspecified atom stereocenters. The molecule has 8 nitrogen and oxygen atoms in total. The van der Waals surface area contributed by atoms with Crippen molar-refractivity contribution in [2.75, 3.05) is 0 Å². The summed E-state index contributed by atoms with van der Waals surface area (Å²) in [7, 11) is 0. The van der Waals surface area contributed by atoms with Crippen molar-refractivity contribution < 1.29 is 29.2 Å². The van der Waals surface area contributed by atoms with E-state index in [0.29, 0.717) is 25.0 Å². The zero-order chi connectivity index (χ0) is 12.8. The third-order valence-corrected chi connectivity index (χ3v) is 2.16. The second-order valence-electron chi connectivity index (χ2n) is 3.52. The summed E-state index contributed by atoms with van der Waals surface area (Å²) in [6, 6.07) is 0. The average molecular weight is 249 g/mol. The maximum absolute atomic E-state index is 10.8. The lowest BCUT2D eigenvalue weighted by atomic mass is 10.1. The highest BCUT2D eigenvalue weighted by atomic mass is 17.1. The molecule has 0 fully saturated rings. The standard InChI is InChI=1S/C9H15NO7/c1-6(17-10(13)14)3-2-4-7-8(5-11)16-9(12)15-7/h6,11,13-14H,2-5H2,1H3/t6-/m0/s1. The van der Waals surface area contributed by atoms with E-state index in [1.807, 2.05) is 0 Å². The van der Waals surface area contributed by atoms with Crippen molar-refractivity contribution in [3.8, 4) is 0 Å². The molecule has 0 bridgehead atoms. The molecule has 0 saturated carbocycles. The van der Waals surface area contributed by atoms with Gasteiger partial charge in [-0.3, -0.25) is 10.4 Å². The molecule has 1 atom stereocenters. The topological polar surface area (TPSA) is 117 Å². The van der Waals surface area contributed by atoms with Crippen molar-refractivity contribution >= 4 is 0 Å². The smallest absolute Gasteiger partial charge is 0.396 e. The molecule has 0 spiro atoms. The van der Waals surface area contributed by atoms with E-state index in [1.54, 1.807) is 6.92 Å². The number of rotatable bonds is 7. The number of aliphatic hydroxyl groups excluding tert-OH is 1. The summed E-state index contributed by atoms with van der Waals surface area (Å²) in [5.41, 5.74) is 0. The van der Waals surface area contributed by atoms with Gasteiger partial charge in [0.25, 0.3) is 0 Å². The third-order valence-electron chi connectivity index (χ3n) is 2.16. The molecule has 1 aromatic rings. The van der Waals surface area contributed by atoms with Crippen LogP contribution in [0.1, 0.15) is 31.3 Å². The number of nitrogens with zero attached hydrogens (tertiary/aromatic N) is 1. The van der Waals surface area contributed by atoms with Crippen LogP contribution in [-0.4, -0.2) is 27.0 Å². The number of aliphatic hydroxyl groups is 1. The quantitative estimate of drug-likeness (QED) is 0.596. The SMILES string of the molecule is C[C@@H](CCCc1oc(=O)oc1CO)ON(O)O. The van der Waals surface area contributed by atoms with Crippen molar-refractivity contribution in [3.05, 3.63) is 22.1 Å². The van der Waals surface area contributed by atoms with E-state index in [9.17, 15) is 4.79 Å². The highest BCUT2D eigenvalue weighted by molar-refractivity contribution is 5.01. The largest absolute Gasteiger partial charge is 0.519 e. The van der Waals surface area contributed by atoms with Crippen LogP contribution in [0.5, 0.6) is 0 Å². The first-order valence-electron chi connectivity index (χ1n) is 5.10. The van der Waals surface area contributed by atoms with E-state index < -0.39 is 18.5 Å². The van der Waals surface area contributed by atoms with Crippen molar-refractivity contribution in [2.45, 2.75) is 38.9 Å². The normalized spacial score (nSPS) is 13.2. The molecule has 0 radical (unpaired) electrons. The second-order valence-corrected chi connectivity index (χ2v) is 3.52. The molecular weight excluding hydrogens is 234 g/mol. The summed E-state index contributed by atoms with van der Waals surface area (Å²) in [4.78, 5) is 15.3. The monoisotopic (exact) mass is 249 g/mol. The number of aryl methyl sites for hydroxylation is 1. The van der Waals surface area contributed by atoms with E-state index in [1.165, 1.54) is 0 Å². The first-order valence-corrected chi connectivity index (χ1v) is 5.10. The predicted molar refractivity (Wildman–Crippen MR) is 52.1 cm³/mol. The van der Waals surface area contributed by atoms with Gasteiger partial charge in [0.05, 0.1) is 11.5 Å². The molecule has 1 heterocycles. The summed E-state index contributed by atoms with van der Waals surface area (Å²) in [5.74, 6) is -0.422. The Morgan fingerprint density at radius 2 is 2.00 bits per heavy atom. The van der Waals surface area contributed by atoms with E-state index in [-0.39, 0.29) is 11.2 Å². The van der Waals surface area contributed by atoms with Crippen LogP contribution in [0.3, 0.4) is 0 Å². The molecule has 0 saturated heterocycles. The van der Waals surface area contributed by atoms with Gasteiger partial charge in [0.15, 0.2) is 11.5 Å².